The Bertz CT molecular complexity index is 1270. The highest BCUT2D eigenvalue weighted by atomic mass is 35.5. The normalized spacial score (nSPS) is 20.2. The van der Waals surface area contributed by atoms with Gasteiger partial charge in [0.2, 0.25) is 11.8 Å². The fourth-order valence-electron chi connectivity index (χ4n) is 5.79. The van der Waals surface area contributed by atoms with Crippen LogP contribution in [0.3, 0.4) is 0 Å². The lowest BCUT2D eigenvalue weighted by atomic mass is 9.83. The van der Waals surface area contributed by atoms with Crippen molar-refractivity contribution in [3.63, 3.8) is 0 Å². The summed E-state index contributed by atoms with van der Waals surface area (Å²) in [4.78, 5) is 34.1. The Morgan fingerprint density at radius 3 is 2.65 bits per heavy atom. The van der Waals surface area contributed by atoms with Gasteiger partial charge in [-0.15, -0.1) is 11.3 Å². The van der Waals surface area contributed by atoms with E-state index in [9.17, 15) is 9.59 Å². The number of nitrogens with zero attached hydrogens (tertiary/aromatic N) is 2. The van der Waals surface area contributed by atoms with E-state index in [1.165, 1.54) is 6.42 Å². The number of carbonyl (C=O) groups excluding carboxylic acids is 2. The summed E-state index contributed by atoms with van der Waals surface area (Å²) in [7, 11) is 0. The largest absolute Gasteiger partial charge is 0.344 e. The number of carbonyl (C=O) groups is 2. The minimum Gasteiger partial charge on any atom is -0.344 e. The Balaban J connectivity index is 1.44. The molecule has 1 saturated carbocycles. The predicted molar refractivity (Wildman–Crippen MR) is 152 cm³/mol. The van der Waals surface area contributed by atoms with Gasteiger partial charge >= 0.3 is 0 Å². The molecular formula is C30H36ClN3O2S. The molecule has 37 heavy (non-hydrogen) atoms. The van der Waals surface area contributed by atoms with E-state index in [1.54, 1.807) is 11.3 Å². The molecule has 5 rings (SSSR count). The van der Waals surface area contributed by atoms with Gasteiger partial charge in [-0.25, -0.2) is 4.98 Å². The van der Waals surface area contributed by atoms with Crippen molar-refractivity contribution in [2.45, 2.75) is 77.3 Å². The van der Waals surface area contributed by atoms with Gasteiger partial charge in [-0.2, -0.15) is 0 Å². The lowest BCUT2D eigenvalue weighted by Gasteiger charge is -2.35. The third-order valence-corrected chi connectivity index (χ3v) is 9.49. The number of benzene rings is 2. The van der Waals surface area contributed by atoms with Crippen molar-refractivity contribution < 1.29 is 9.59 Å². The molecule has 3 aromatic rings. The van der Waals surface area contributed by atoms with Gasteiger partial charge in [0.15, 0.2) is 0 Å². The van der Waals surface area contributed by atoms with Crippen LogP contribution in [0.1, 0.15) is 76.3 Å². The Morgan fingerprint density at radius 1 is 1.11 bits per heavy atom. The van der Waals surface area contributed by atoms with Gasteiger partial charge in [-0.3, -0.25) is 9.59 Å². The first-order valence-corrected chi connectivity index (χ1v) is 14.9. The maximum absolute atomic E-state index is 14.1. The van der Waals surface area contributed by atoms with E-state index in [1.807, 2.05) is 36.9 Å². The number of halogens is 1. The van der Waals surface area contributed by atoms with Crippen LogP contribution in [0.15, 0.2) is 42.5 Å². The summed E-state index contributed by atoms with van der Waals surface area (Å²) >= 11 is 7.95. The van der Waals surface area contributed by atoms with E-state index in [-0.39, 0.29) is 29.7 Å². The summed E-state index contributed by atoms with van der Waals surface area (Å²) in [5.41, 5.74) is 3.05. The topological polar surface area (TPSA) is 62.3 Å². The predicted octanol–water partition coefficient (Wildman–Crippen LogP) is 7.39. The molecule has 5 nitrogen and oxygen atoms in total. The quantitative estimate of drug-likeness (QED) is 0.341. The first-order chi connectivity index (χ1) is 18.0. The average Bonchev–Trinajstić information content (AvgIpc) is 3.58. The zero-order valence-corrected chi connectivity index (χ0v) is 23.3. The third-order valence-electron chi connectivity index (χ3n) is 8.14. The van der Waals surface area contributed by atoms with Crippen molar-refractivity contribution in [2.75, 3.05) is 6.54 Å². The molecule has 2 aromatic carbocycles. The van der Waals surface area contributed by atoms with Crippen molar-refractivity contribution in [2.24, 2.45) is 11.8 Å². The number of nitrogens with one attached hydrogen (secondary N) is 1. The maximum atomic E-state index is 14.1. The zero-order chi connectivity index (χ0) is 25.9. The van der Waals surface area contributed by atoms with Crippen molar-refractivity contribution in [3.05, 3.63) is 52.5 Å². The van der Waals surface area contributed by atoms with Gasteiger partial charge in [-0.1, -0.05) is 69.0 Å². The smallest absolute Gasteiger partial charge is 0.246 e. The van der Waals surface area contributed by atoms with E-state index >= 15 is 0 Å². The van der Waals surface area contributed by atoms with Gasteiger partial charge in [-0.05, 0) is 61.8 Å². The maximum Gasteiger partial charge on any atom is 0.246 e. The molecule has 1 saturated heterocycles. The summed E-state index contributed by atoms with van der Waals surface area (Å²) in [6.07, 6.45) is 8.08. The number of fused-ring (bicyclic) bond motifs is 1. The summed E-state index contributed by atoms with van der Waals surface area (Å²) in [6, 6.07) is 13.6. The fraction of sp³-hybridized carbons (Fsp3) is 0.500. The van der Waals surface area contributed by atoms with Crippen LogP contribution in [0.5, 0.6) is 0 Å². The molecule has 0 unspecified atom stereocenters. The molecule has 1 aliphatic heterocycles. The molecule has 7 heteroatoms. The second-order valence-corrected chi connectivity index (χ2v) is 12.1. The van der Waals surface area contributed by atoms with Crippen LogP contribution in [-0.4, -0.2) is 34.3 Å². The number of likely N-dealkylation sites (tertiary alicyclic amines) is 1. The highest BCUT2D eigenvalue weighted by molar-refractivity contribution is 7.18. The van der Waals surface area contributed by atoms with Crippen LogP contribution in [0.2, 0.25) is 5.02 Å². The van der Waals surface area contributed by atoms with Crippen LogP contribution in [0.4, 0.5) is 0 Å². The van der Waals surface area contributed by atoms with E-state index in [0.29, 0.717) is 11.6 Å². The van der Waals surface area contributed by atoms with E-state index < -0.39 is 6.04 Å². The molecule has 1 aliphatic carbocycles. The molecule has 0 radical (unpaired) electrons. The molecular weight excluding hydrogens is 502 g/mol. The number of rotatable bonds is 7. The number of aromatic nitrogens is 1. The Labute approximate surface area is 228 Å². The van der Waals surface area contributed by atoms with Gasteiger partial charge in [0.05, 0.1) is 16.3 Å². The monoisotopic (exact) mass is 537 g/mol. The van der Waals surface area contributed by atoms with Crippen LogP contribution < -0.4 is 5.32 Å². The summed E-state index contributed by atoms with van der Waals surface area (Å²) in [5.74, 6) is 0.177. The molecule has 2 heterocycles. The first kappa shape index (κ1) is 26.2. The molecule has 2 fully saturated rings. The third kappa shape index (κ3) is 5.56. The number of hydrogen-bond donors (Lipinski definition) is 1. The minimum atomic E-state index is -0.446. The van der Waals surface area contributed by atoms with Gasteiger partial charge in [0.25, 0.3) is 0 Å². The van der Waals surface area contributed by atoms with E-state index in [4.69, 9.17) is 16.6 Å². The summed E-state index contributed by atoms with van der Waals surface area (Å²) < 4.78 is 1.11. The molecule has 1 aromatic heterocycles. The van der Waals surface area contributed by atoms with Gasteiger partial charge in [0, 0.05) is 23.0 Å². The lowest BCUT2D eigenvalue weighted by Crippen LogP contribution is -2.53. The van der Waals surface area contributed by atoms with Gasteiger partial charge < -0.3 is 10.2 Å². The molecule has 0 spiro atoms. The summed E-state index contributed by atoms with van der Waals surface area (Å²) in [6.45, 7) is 4.67. The average molecular weight is 538 g/mol. The number of thiazole rings is 1. The molecule has 0 bridgehead atoms. The van der Waals surface area contributed by atoms with E-state index in [0.717, 1.165) is 71.3 Å². The van der Waals surface area contributed by atoms with E-state index in [2.05, 4.69) is 29.6 Å². The minimum absolute atomic E-state index is 0.00618. The molecule has 2 aliphatic rings. The van der Waals surface area contributed by atoms with Crippen molar-refractivity contribution in [3.8, 4) is 11.1 Å². The SMILES string of the molecule is CC[C@@H](C)C(=O)N[C@H](C(=O)N1CCC[C@H]1c1nc2c(-c3cccc(Cl)c3)cccc2s1)C1CCCCC1. The second-order valence-electron chi connectivity index (χ2n) is 10.6. The highest BCUT2D eigenvalue weighted by Gasteiger charge is 2.40. The Hall–Kier alpha value is -2.44. The first-order valence-electron chi connectivity index (χ1n) is 13.7. The van der Waals surface area contributed by atoms with Crippen molar-refractivity contribution >= 4 is 45.0 Å². The lowest BCUT2D eigenvalue weighted by molar-refractivity contribution is -0.140. The van der Waals surface area contributed by atoms with Crippen molar-refractivity contribution in [1.29, 1.82) is 0 Å². The van der Waals surface area contributed by atoms with Gasteiger partial charge in [0.1, 0.15) is 11.0 Å². The molecule has 3 atom stereocenters. The van der Waals surface area contributed by atoms with Crippen LogP contribution in [-0.2, 0) is 9.59 Å². The molecule has 196 valence electrons. The Kier molecular flexibility index (Phi) is 8.15. The number of amides is 2. The zero-order valence-electron chi connectivity index (χ0n) is 21.7. The molecule has 1 N–H and O–H groups in total. The number of hydrogen-bond acceptors (Lipinski definition) is 4. The fourth-order valence-corrected chi connectivity index (χ4v) is 7.13. The van der Waals surface area contributed by atoms with Crippen molar-refractivity contribution in [1.82, 2.24) is 15.2 Å². The Morgan fingerprint density at radius 2 is 1.89 bits per heavy atom. The van der Waals surface area contributed by atoms with Crippen LogP contribution >= 0.6 is 22.9 Å². The van der Waals surface area contributed by atoms with Crippen LogP contribution in [0, 0.1) is 11.8 Å². The summed E-state index contributed by atoms with van der Waals surface area (Å²) in [5, 5.41) is 4.87. The second kappa shape index (κ2) is 11.5. The standard InChI is InChI=1S/C30H36ClN3O2S/c1-3-19(2)28(35)32-26(20-10-5-4-6-11-20)30(36)34-17-9-15-24(34)29-33-27-23(14-8-16-25(27)37-29)21-12-7-13-22(31)18-21/h7-8,12-14,16,18-20,24,26H,3-6,9-11,15,17H2,1-2H3,(H,32,35)/t19-,24+,26+/m1/s1. The number of para-hydroxylation sites is 1. The highest BCUT2D eigenvalue weighted by Crippen LogP contribution is 2.40. The van der Waals surface area contributed by atoms with Crippen LogP contribution in [0.25, 0.3) is 21.3 Å². The molecule has 2 amide bonds.